The van der Waals surface area contributed by atoms with E-state index >= 15 is 0 Å². The summed E-state index contributed by atoms with van der Waals surface area (Å²) in [5.41, 5.74) is 6.92. The molecule has 0 aliphatic rings. The predicted molar refractivity (Wildman–Crippen MR) is 79.7 cm³/mol. The van der Waals surface area contributed by atoms with Crippen LogP contribution in [0.4, 0.5) is 10.1 Å². The number of fused-ring (bicyclic) bond motifs is 1. The van der Waals surface area contributed by atoms with Crippen LogP contribution in [0, 0.1) is 5.82 Å². The van der Waals surface area contributed by atoms with Crippen LogP contribution in [-0.2, 0) is 6.54 Å². The monoisotopic (exact) mass is 302 g/mol. The number of carbonyl (C=O) groups excluding carboxylic acids is 1. The third-order valence-corrected chi connectivity index (χ3v) is 3.73. The Morgan fingerprint density at radius 3 is 3.00 bits per heavy atom. The van der Waals surface area contributed by atoms with Crippen molar-refractivity contribution in [2.45, 2.75) is 6.54 Å². The van der Waals surface area contributed by atoms with Crippen LogP contribution in [0.1, 0.15) is 15.5 Å². The first-order chi connectivity index (χ1) is 10.2. The van der Waals surface area contributed by atoms with Gasteiger partial charge in [-0.05, 0) is 24.3 Å². The number of carbonyl (C=O) groups is 1. The molecule has 0 atom stereocenters. The number of thiazole rings is 1. The minimum Gasteiger partial charge on any atom is -0.325 e. The fraction of sp³-hybridized carbons (Fsp3) is 0.0714. The summed E-state index contributed by atoms with van der Waals surface area (Å²) in [4.78, 5) is 20.3. The van der Waals surface area contributed by atoms with Crippen LogP contribution in [0.15, 0.2) is 35.8 Å². The van der Waals surface area contributed by atoms with Gasteiger partial charge in [-0.1, -0.05) is 0 Å². The first-order valence-corrected chi connectivity index (χ1v) is 7.05. The molecule has 3 rings (SSSR count). The molecular formula is C14H11FN4OS. The van der Waals surface area contributed by atoms with E-state index in [1.165, 1.54) is 29.7 Å². The lowest BCUT2D eigenvalue weighted by atomic mass is 10.2. The molecule has 3 N–H and O–H groups in total. The summed E-state index contributed by atoms with van der Waals surface area (Å²) in [6, 6.07) is 5.97. The summed E-state index contributed by atoms with van der Waals surface area (Å²) in [7, 11) is 0. The van der Waals surface area contributed by atoms with Crippen LogP contribution >= 0.6 is 11.3 Å². The standard InChI is InChI=1S/C14H11FN4OS/c15-9-1-2-11-8(3-9)4-10(6-17-11)18-14(20)12-7-21-13(5-16)19-12/h1-4,6-7H,5,16H2,(H,18,20). The molecule has 1 amide bonds. The molecule has 0 spiro atoms. The molecule has 3 aromatic rings. The number of hydrogen-bond acceptors (Lipinski definition) is 5. The molecule has 2 heterocycles. The Balaban J connectivity index is 1.85. The van der Waals surface area contributed by atoms with Crippen LogP contribution in [0.2, 0.25) is 0 Å². The van der Waals surface area contributed by atoms with E-state index in [1.807, 2.05) is 0 Å². The lowest BCUT2D eigenvalue weighted by Gasteiger charge is -2.04. The van der Waals surface area contributed by atoms with Crippen molar-refractivity contribution < 1.29 is 9.18 Å². The third-order valence-electron chi connectivity index (χ3n) is 2.86. The zero-order valence-corrected chi connectivity index (χ0v) is 11.7. The molecular weight excluding hydrogens is 291 g/mol. The van der Waals surface area contributed by atoms with Gasteiger partial charge >= 0.3 is 0 Å². The number of benzene rings is 1. The molecule has 0 aliphatic heterocycles. The molecule has 1 aromatic carbocycles. The number of aromatic nitrogens is 2. The second-order valence-corrected chi connectivity index (χ2v) is 5.29. The number of hydrogen-bond donors (Lipinski definition) is 2. The zero-order chi connectivity index (χ0) is 14.8. The van der Waals surface area contributed by atoms with Crippen LogP contribution in [0.5, 0.6) is 0 Å². The SMILES string of the molecule is NCc1nc(C(=O)Nc2cnc3ccc(F)cc3c2)cs1. The number of nitrogens with two attached hydrogens (primary N) is 1. The number of nitrogens with one attached hydrogen (secondary N) is 1. The highest BCUT2D eigenvalue weighted by Crippen LogP contribution is 2.18. The minimum absolute atomic E-state index is 0.300. The normalized spacial score (nSPS) is 10.8. The molecule has 0 radical (unpaired) electrons. The molecule has 0 saturated heterocycles. The Labute approximate surface area is 123 Å². The molecule has 0 aliphatic carbocycles. The summed E-state index contributed by atoms with van der Waals surface area (Å²) in [6.07, 6.45) is 1.52. The third kappa shape index (κ3) is 2.88. The van der Waals surface area contributed by atoms with Crippen LogP contribution in [0.3, 0.4) is 0 Å². The number of anilines is 1. The summed E-state index contributed by atoms with van der Waals surface area (Å²) >= 11 is 1.33. The Hall–Kier alpha value is -2.38. The number of amides is 1. The summed E-state index contributed by atoms with van der Waals surface area (Å²) < 4.78 is 13.2. The largest absolute Gasteiger partial charge is 0.325 e. The average molecular weight is 302 g/mol. The lowest BCUT2D eigenvalue weighted by molar-refractivity contribution is 0.102. The van der Waals surface area contributed by atoms with E-state index in [2.05, 4.69) is 15.3 Å². The van der Waals surface area contributed by atoms with Crippen LogP contribution in [0.25, 0.3) is 10.9 Å². The van der Waals surface area contributed by atoms with Crippen molar-refractivity contribution in [1.29, 1.82) is 0 Å². The Morgan fingerprint density at radius 2 is 2.24 bits per heavy atom. The molecule has 106 valence electrons. The van der Waals surface area contributed by atoms with Crippen molar-refractivity contribution in [2.75, 3.05) is 5.32 Å². The van der Waals surface area contributed by atoms with E-state index in [1.54, 1.807) is 17.5 Å². The second-order valence-electron chi connectivity index (χ2n) is 4.35. The van der Waals surface area contributed by atoms with Crippen molar-refractivity contribution in [3.63, 3.8) is 0 Å². The Kier molecular flexibility index (Phi) is 3.59. The second kappa shape index (κ2) is 5.55. The van der Waals surface area contributed by atoms with E-state index in [0.29, 0.717) is 33.8 Å². The van der Waals surface area contributed by atoms with Gasteiger partial charge in [-0.2, -0.15) is 0 Å². The van der Waals surface area contributed by atoms with Gasteiger partial charge in [-0.25, -0.2) is 9.37 Å². The van der Waals surface area contributed by atoms with Gasteiger partial charge < -0.3 is 11.1 Å². The van der Waals surface area contributed by atoms with Crippen molar-refractivity contribution in [1.82, 2.24) is 9.97 Å². The minimum atomic E-state index is -0.347. The first-order valence-electron chi connectivity index (χ1n) is 6.17. The Bertz CT molecular complexity index is 818. The smallest absolute Gasteiger partial charge is 0.275 e. The number of rotatable bonds is 3. The summed E-state index contributed by atoms with van der Waals surface area (Å²) in [5, 5.41) is 5.64. The van der Waals surface area contributed by atoms with Gasteiger partial charge in [-0.15, -0.1) is 11.3 Å². The molecule has 7 heteroatoms. The summed E-state index contributed by atoms with van der Waals surface area (Å²) in [5.74, 6) is -0.691. The number of halogens is 1. The van der Waals surface area contributed by atoms with Gasteiger partial charge in [0, 0.05) is 17.3 Å². The fourth-order valence-corrected chi connectivity index (χ4v) is 2.53. The van der Waals surface area contributed by atoms with Crippen molar-refractivity contribution in [3.8, 4) is 0 Å². The van der Waals surface area contributed by atoms with Crippen molar-refractivity contribution in [3.05, 3.63) is 52.4 Å². The highest BCUT2D eigenvalue weighted by atomic mass is 32.1. The van der Waals surface area contributed by atoms with Gasteiger partial charge in [0.15, 0.2) is 0 Å². The number of pyridine rings is 1. The van der Waals surface area contributed by atoms with E-state index in [9.17, 15) is 9.18 Å². The maximum absolute atomic E-state index is 13.2. The van der Waals surface area contributed by atoms with Crippen molar-refractivity contribution >= 4 is 33.8 Å². The van der Waals surface area contributed by atoms with Gasteiger partial charge in [0.2, 0.25) is 0 Å². The molecule has 2 aromatic heterocycles. The predicted octanol–water partition coefficient (Wildman–Crippen LogP) is 2.54. The molecule has 21 heavy (non-hydrogen) atoms. The maximum atomic E-state index is 13.2. The molecule has 0 bridgehead atoms. The maximum Gasteiger partial charge on any atom is 0.275 e. The van der Waals surface area contributed by atoms with Crippen LogP contribution in [-0.4, -0.2) is 15.9 Å². The first kappa shape index (κ1) is 13.6. The molecule has 0 saturated carbocycles. The topological polar surface area (TPSA) is 80.9 Å². The van der Waals surface area contributed by atoms with E-state index in [0.717, 1.165) is 0 Å². The fourth-order valence-electron chi connectivity index (χ4n) is 1.87. The summed E-state index contributed by atoms with van der Waals surface area (Å²) in [6.45, 7) is 0.300. The average Bonchev–Trinajstić information content (AvgIpc) is 2.96. The molecule has 0 unspecified atom stereocenters. The van der Waals surface area contributed by atoms with Crippen LogP contribution < -0.4 is 11.1 Å². The lowest BCUT2D eigenvalue weighted by Crippen LogP contribution is -2.12. The Morgan fingerprint density at radius 1 is 1.38 bits per heavy atom. The van der Waals surface area contributed by atoms with Gasteiger partial charge in [0.25, 0.3) is 5.91 Å². The zero-order valence-electron chi connectivity index (χ0n) is 10.8. The molecule has 0 fully saturated rings. The van der Waals surface area contributed by atoms with Crippen molar-refractivity contribution in [2.24, 2.45) is 5.73 Å². The highest BCUT2D eigenvalue weighted by Gasteiger charge is 2.11. The van der Waals surface area contributed by atoms with E-state index in [-0.39, 0.29) is 11.7 Å². The van der Waals surface area contributed by atoms with Gasteiger partial charge in [0.05, 0.1) is 17.4 Å². The van der Waals surface area contributed by atoms with E-state index in [4.69, 9.17) is 5.73 Å². The van der Waals surface area contributed by atoms with Gasteiger partial charge in [-0.3, -0.25) is 9.78 Å². The van der Waals surface area contributed by atoms with Gasteiger partial charge in [0.1, 0.15) is 16.5 Å². The van der Waals surface area contributed by atoms with E-state index < -0.39 is 0 Å². The highest BCUT2D eigenvalue weighted by molar-refractivity contribution is 7.09. The molecule has 5 nitrogen and oxygen atoms in total. The number of nitrogens with zero attached hydrogens (tertiary/aromatic N) is 2. The quantitative estimate of drug-likeness (QED) is 0.779.